The summed E-state index contributed by atoms with van der Waals surface area (Å²) in [7, 11) is 0. The van der Waals surface area contributed by atoms with Gasteiger partial charge in [-0.1, -0.05) is 24.3 Å². The van der Waals surface area contributed by atoms with Crippen molar-refractivity contribution < 1.29 is 48.4 Å². The van der Waals surface area contributed by atoms with Gasteiger partial charge in [0.1, 0.15) is 0 Å². The van der Waals surface area contributed by atoms with Crippen LogP contribution in [0.3, 0.4) is 0 Å². The second-order valence-corrected chi connectivity index (χ2v) is 8.00. The number of carboxylic acid groups (broad SMARTS) is 1. The maximum Gasteiger partial charge on any atom is 0.412 e. The first kappa shape index (κ1) is 28.3. The molecule has 0 atom stereocenters. The van der Waals surface area contributed by atoms with Crippen molar-refractivity contribution in [3.8, 4) is 11.5 Å². The lowest BCUT2D eigenvalue weighted by atomic mass is 10.1. The van der Waals surface area contributed by atoms with Crippen molar-refractivity contribution in [2.45, 2.75) is 13.2 Å². The fraction of sp³-hybridized carbons (Fsp3) is 0.333. The van der Waals surface area contributed by atoms with Crippen molar-refractivity contribution >= 4 is 45.7 Å². The van der Waals surface area contributed by atoms with Gasteiger partial charge in [-0.05, 0) is 6.07 Å². The summed E-state index contributed by atoms with van der Waals surface area (Å²) >= 11 is 0. The Hall–Kier alpha value is -4.24. The van der Waals surface area contributed by atoms with Gasteiger partial charge in [-0.25, -0.2) is 9.59 Å². The number of aliphatic carboxylic acids is 1. The van der Waals surface area contributed by atoms with Crippen molar-refractivity contribution in [3.05, 3.63) is 36.1 Å². The molecule has 38 heavy (non-hydrogen) atoms. The number of Topliss-reactive ketones (excluding diaryl/α,β-unsaturated/α-hetero) is 1. The van der Waals surface area contributed by atoms with Crippen LogP contribution < -0.4 is 30.7 Å². The number of ketones is 1. The Balaban J connectivity index is 1.86. The fourth-order valence-electron chi connectivity index (χ4n) is 3.45. The summed E-state index contributed by atoms with van der Waals surface area (Å²) in [6.45, 7) is 1.59. The van der Waals surface area contributed by atoms with Crippen molar-refractivity contribution in [2.75, 3.05) is 39.3 Å². The van der Waals surface area contributed by atoms with Gasteiger partial charge in [-0.3, -0.25) is 9.59 Å². The van der Waals surface area contributed by atoms with Gasteiger partial charge in [0.25, 0.3) is 0 Å². The number of aliphatic hydroxyl groups excluding tert-OH is 1. The highest BCUT2D eigenvalue weighted by Gasteiger charge is 2.24. The molecule has 2 amide bonds. The molecule has 1 heterocycles. The van der Waals surface area contributed by atoms with Gasteiger partial charge in [0.2, 0.25) is 0 Å². The van der Waals surface area contributed by atoms with Gasteiger partial charge in [0.15, 0.2) is 34.9 Å². The minimum absolute atomic E-state index is 0.00128. The van der Waals surface area contributed by atoms with Crippen LogP contribution in [0.1, 0.15) is 17.5 Å². The van der Waals surface area contributed by atoms with Crippen molar-refractivity contribution in [3.63, 3.8) is 0 Å². The van der Waals surface area contributed by atoms with E-state index in [-0.39, 0.29) is 67.5 Å². The van der Waals surface area contributed by atoms with Crippen LogP contribution >= 0.6 is 0 Å². The molecule has 0 saturated heterocycles. The monoisotopic (exact) mass is 532 g/mol. The first-order valence-electron chi connectivity index (χ1n) is 11.6. The average molecular weight is 533 g/mol. The van der Waals surface area contributed by atoms with Crippen LogP contribution in [0.2, 0.25) is 0 Å². The summed E-state index contributed by atoms with van der Waals surface area (Å²) in [4.78, 5) is 47.6. The van der Waals surface area contributed by atoms with E-state index >= 15 is 0 Å². The minimum Gasteiger partial charge on any atom is -0.480 e. The van der Waals surface area contributed by atoms with Gasteiger partial charge in [0.05, 0.1) is 11.9 Å². The van der Waals surface area contributed by atoms with Crippen LogP contribution in [0.15, 0.2) is 34.7 Å². The van der Waals surface area contributed by atoms with E-state index in [0.29, 0.717) is 10.8 Å². The number of hydrogen-bond donors (Lipinski definition) is 7. The molecule has 0 saturated carbocycles. The number of hydrogen-bond acceptors (Lipinski definition) is 11. The van der Waals surface area contributed by atoms with Crippen LogP contribution in [-0.4, -0.2) is 84.8 Å². The van der Waals surface area contributed by atoms with Crippen molar-refractivity contribution in [1.82, 2.24) is 21.3 Å². The SMILES string of the molecule is CC(=O)c1cc2c(OC(=O)NCCNCC(O)O)c3ccccc3c(OC(=O)NCCNCC(=O)O)c2o1. The van der Waals surface area contributed by atoms with E-state index in [4.69, 9.17) is 29.2 Å². The zero-order chi connectivity index (χ0) is 27.7. The first-order valence-corrected chi connectivity index (χ1v) is 11.6. The molecule has 1 aromatic heterocycles. The number of carbonyl (C=O) groups excluding carboxylic acids is 3. The zero-order valence-electron chi connectivity index (χ0n) is 20.4. The predicted molar refractivity (Wildman–Crippen MR) is 133 cm³/mol. The molecule has 0 aliphatic carbocycles. The van der Waals surface area contributed by atoms with E-state index in [1.165, 1.54) is 13.0 Å². The molecular weight excluding hydrogens is 504 g/mol. The Morgan fingerprint density at radius 1 is 0.868 bits per heavy atom. The van der Waals surface area contributed by atoms with E-state index in [0.717, 1.165) is 0 Å². The number of nitrogens with one attached hydrogen (secondary N) is 4. The van der Waals surface area contributed by atoms with E-state index in [2.05, 4.69) is 21.3 Å². The highest BCUT2D eigenvalue weighted by molar-refractivity contribution is 6.12. The molecule has 3 rings (SSSR count). The third-order valence-electron chi connectivity index (χ3n) is 5.08. The summed E-state index contributed by atoms with van der Waals surface area (Å²) in [5, 5.41) is 37.7. The van der Waals surface area contributed by atoms with Crippen LogP contribution in [0.25, 0.3) is 21.7 Å². The highest BCUT2D eigenvalue weighted by Crippen LogP contribution is 2.44. The number of carbonyl (C=O) groups is 4. The number of fused-ring (bicyclic) bond motifs is 2. The molecular formula is C24H28N4O10. The third-order valence-corrected chi connectivity index (χ3v) is 5.08. The number of aliphatic hydroxyl groups is 2. The van der Waals surface area contributed by atoms with Crippen LogP contribution in [0, 0.1) is 0 Å². The minimum atomic E-state index is -1.52. The lowest BCUT2D eigenvalue weighted by Crippen LogP contribution is -2.36. The molecule has 0 aliphatic heterocycles. The van der Waals surface area contributed by atoms with E-state index in [1.54, 1.807) is 24.3 Å². The van der Waals surface area contributed by atoms with E-state index in [1.807, 2.05) is 0 Å². The summed E-state index contributed by atoms with van der Waals surface area (Å²) in [6.07, 6.45) is -3.18. The van der Waals surface area contributed by atoms with Crippen LogP contribution in [-0.2, 0) is 4.79 Å². The molecule has 2 aromatic carbocycles. The normalized spacial score (nSPS) is 11.1. The standard InChI is InChI=1S/C24H28N4O10/c1-13(29)17-10-16-20(37-23(34)27-8-6-25-11-18(30)31)14-4-2-3-5-15(14)21(22(16)36-17)38-24(35)28-9-7-26-12-19(32)33/h2-5,10,18,25-26,30-31H,6-9,11-12H2,1H3,(H,27,34)(H,28,35)(H,32,33). The molecule has 0 bridgehead atoms. The molecule has 0 radical (unpaired) electrons. The number of rotatable bonds is 13. The lowest BCUT2D eigenvalue weighted by Gasteiger charge is -2.14. The van der Waals surface area contributed by atoms with Gasteiger partial charge in [-0.2, -0.15) is 0 Å². The second-order valence-electron chi connectivity index (χ2n) is 8.00. The van der Waals surface area contributed by atoms with Gasteiger partial charge in [0, 0.05) is 50.4 Å². The summed E-state index contributed by atoms with van der Waals surface area (Å²) in [6, 6.07) is 8.01. The Morgan fingerprint density at radius 3 is 2.03 bits per heavy atom. The molecule has 0 aliphatic rings. The number of ether oxygens (including phenoxy) is 2. The molecule has 3 aromatic rings. The van der Waals surface area contributed by atoms with E-state index in [9.17, 15) is 19.2 Å². The number of carboxylic acids is 1. The van der Waals surface area contributed by atoms with Crippen LogP contribution in [0.4, 0.5) is 9.59 Å². The van der Waals surface area contributed by atoms with Gasteiger partial charge >= 0.3 is 18.2 Å². The first-order chi connectivity index (χ1) is 18.2. The molecule has 7 N–H and O–H groups in total. The van der Waals surface area contributed by atoms with Crippen molar-refractivity contribution in [1.29, 1.82) is 0 Å². The Kier molecular flexibility index (Phi) is 9.95. The summed E-state index contributed by atoms with van der Waals surface area (Å²) < 4.78 is 16.8. The average Bonchev–Trinajstić information content (AvgIpc) is 3.31. The van der Waals surface area contributed by atoms with Crippen molar-refractivity contribution in [2.24, 2.45) is 0 Å². The summed E-state index contributed by atoms with van der Waals surface area (Å²) in [5.41, 5.74) is 0.00875. The fourth-order valence-corrected chi connectivity index (χ4v) is 3.45. The third kappa shape index (κ3) is 7.63. The molecule has 0 spiro atoms. The predicted octanol–water partition coefficient (Wildman–Crippen LogP) is 0.540. The van der Waals surface area contributed by atoms with Gasteiger partial charge in [-0.15, -0.1) is 0 Å². The van der Waals surface area contributed by atoms with Crippen LogP contribution in [0.5, 0.6) is 11.5 Å². The molecule has 0 unspecified atom stereocenters. The molecule has 0 fully saturated rings. The Bertz CT molecular complexity index is 1320. The topological polar surface area (TPSA) is 209 Å². The largest absolute Gasteiger partial charge is 0.480 e. The number of amides is 2. The second kappa shape index (κ2) is 13.3. The smallest absolute Gasteiger partial charge is 0.412 e. The quantitative estimate of drug-likeness (QED) is 0.0914. The number of benzene rings is 2. The maximum absolute atomic E-state index is 12.5. The number of furan rings is 1. The Labute approximate surface area is 215 Å². The Morgan fingerprint density at radius 2 is 1.45 bits per heavy atom. The van der Waals surface area contributed by atoms with E-state index < -0.39 is 30.2 Å². The molecule has 204 valence electrons. The lowest BCUT2D eigenvalue weighted by molar-refractivity contribution is -0.135. The maximum atomic E-state index is 12.5. The molecule has 14 heteroatoms. The zero-order valence-corrected chi connectivity index (χ0v) is 20.4. The van der Waals surface area contributed by atoms with Gasteiger partial charge < -0.3 is 50.5 Å². The summed E-state index contributed by atoms with van der Waals surface area (Å²) in [5.74, 6) is -1.41. The highest BCUT2D eigenvalue weighted by atomic mass is 16.6. The molecule has 14 nitrogen and oxygen atoms in total.